The number of nitrogens with zero attached hydrogens (tertiary/aromatic N) is 4. The fraction of sp³-hybridized carbons (Fsp3) is 0.471. The molecule has 2 aromatic rings. The van der Waals surface area contributed by atoms with Gasteiger partial charge in [0.2, 0.25) is 0 Å². The van der Waals surface area contributed by atoms with Crippen molar-refractivity contribution in [1.82, 2.24) is 15.0 Å². The number of benzene rings is 1. The number of halogens is 1. The zero-order valence-electron chi connectivity index (χ0n) is 13.7. The second kappa shape index (κ2) is 5.96. The third kappa shape index (κ3) is 3.11. The van der Waals surface area contributed by atoms with Gasteiger partial charge in [-0.15, -0.1) is 5.10 Å². The topological polar surface area (TPSA) is 51.0 Å². The quantitative estimate of drug-likeness (QED) is 0.800. The summed E-state index contributed by atoms with van der Waals surface area (Å²) in [5.74, 6) is -0.120. The van der Waals surface area contributed by atoms with E-state index < -0.39 is 0 Å². The van der Waals surface area contributed by atoms with Gasteiger partial charge in [0.05, 0.1) is 11.7 Å². The molecule has 6 heteroatoms. The first-order chi connectivity index (χ1) is 10.9. The number of carbonyl (C=O) groups is 1. The largest absolute Gasteiger partial charge is 0.307 e. The van der Waals surface area contributed by atoms with Crippen LogP contribution in [0.5, 0.6) is 0 Å². The third-order valence-electron chi connectivity index (χ3n) is 4.09. The van der Waals surface area contributed by atoms with Crippen LogP contribution in [0.2, 0.25) is 5.02 Å². The second-order valence-corrected chi connectivity index (χ2v) is 7.28. The van der Waals surface area contributed by atoms with E-state index in [2.05, 4.69) is 10.3 Å². The second-order valence-electron chi connectivity index (χ2n) is 6.87. The van der Waals surface area contributed by atoms with E-state index >= 15 is 0 Å². The summed E-state index contributed by atoms with van der Waals surface area (Å²) < 4.78 is 1.72. The van der Waals surface area contributed by atoms with Crippen LogP contribution in [0.3, 0.4) is 0 Å². The minimum atomic E-state index is -0.203. The number of hydrogen-bond donors (Lipinski definition) is 0. The molecule has 0 saturated heterocycles. The average molecular weight is 333 g/mol. The standard InChI is InChI=1S/C17H21ClN4O/c1-17(2,3)22-11-14(19-20-22)16(23)21-10-5-4-7-12-13(18)8-6-9-15(12)21/h6,8-9,11H,4-5,7,10H2,1-3H3. The van der Waals surface area contributed by atoms with E-state index in [0.29, 0.717) is 12.2 Å². The molecule has 0 radical (unpaired) electrons. The van der Waals surface area contributed by atoms with Crippen molar-refractivity contribution in [1.29, 1.82) is 0 Å². The first-order valence-corrected chi connectivity index (χ1v) is 8.28. The molecular formula is C17H21ClN4O. The Bertz CT molecular complexity index is 732. The van der Waals surface area contributed by atoms with Crippen LogP contribution in [0, 0.1) is 0 Å². The highest BCUT2D eigenvalue weighted by Gasteiger charge is 2.26. The molecule has 1 amide bonds. The van der Waals surface area contributed by atoms with Crippen molar-refractivity contribution in [3.63, 3.8) is 0 Å². The molecule has 0 spiro atoms. The maximum absolute atomic E-state index is 12.9. The van der Waals surface area contributed by atoms with Crippen molar-refractivity contribution < 1.29 is 4.79 Å². The molecule has 122 valence electrons. The molecule has 2 heterocycles. The summed E-state index contributed by atoms with van der Waals surface area (Å²) in [5.41, 5.74) is 2.10. The van der Waals surface area contributed by atoms with E-state index in [0.717, 1.165) is 35.5 Å². The molecule has 23 heavy (non-hydrogen) atoms. The zero-order chi connectivity index (χ0) is 16.6. The number of rotatable bonds is 1. The van der Waals surface area contributed by atoms with E-state index in [4.69, 9.17) is 11.6 Å². The molecule has 1 aliphatic heterocycles. The summed E-state index contributed by atoms with van der Waals surface area (Å²) >= 11 is 6.32. The molecule has 0 atom stereocenters. The number of hydrogen-bond acceptors (Lipinski definition) is 3. The summed E-state index contributed by atoms with van der Waals surface area (Å²) in [7, 11) is 0. The fourth-order valence-electron chi connectivity index (χ4n) is 2.78. The lowest BCUT2D eigenvalue weighted by atomic mass is 10.1. The lowest BCUT2D eigenvalue weighted by Crippen LogP contribution is -2.32. The third-order valence-corrected chi connectivity index (χ3v) is 4.44. The van der Waals surface area contributed by atoms with E-state index in [-0.39, 0.29) is 11.4 Å². The first-order valence-electron chi connectivity index (χ1n) is 7.90. The SMILES string of the molecule is CC(C)(C)n1cc(C(=O)N2CCCCc3c(Cl)cccc32)nn1. The summed E-state index contributed by atoms with van der Waals surface area (Å²) in [4.78, 5) is 14.7. The van der Waals surface area contributed by atoms with Crippen LogP contribution in [-0.2, 0) is 12.0 Å². The van der Waals surface area contributed by atoms with Gasteiger partial charge < -0.3 is 4.90 Å². The molecule has 1 aliphatic rings. The van der Waals surface area contributed by atoms with Crippen LogP contribution in [-0.4, -0.2) is 27.4 Å². The lowest BCUT2D eigenvalue weighted by molar-refractivity contribution is 0.0982. The van der Waals surface area contributed by atoms with Crippen molar-refractivity contribution in [3.8, 4) is 0 Å². The van der Waals surface area contributed by atoms with Gasteiger partial charge in [0.25, 0.3) is 5.91 Å². The van der Waals surface area contributed by atoms with Crippen LogP contribution in [0.15, 0.2) is 24.4 Å². The average Bonchev–Trinajstić information content (AvgIpc) is 2.89. The van der Waals surface area contributed by atoms with Crippen LogP contribution >= 0.6 is 11.6 Å². The summed E-state index contributed by atoms with van der Waals surface area (Å²) in [6, 6.07) is 5.72. The maximum atomic E-state index is 12.9. The van der Waals surface area contributed by atoms with Crippen molar-refractivity contribution in [2.75, 3.05) is 11.4 Å². The van der Waals surface area contributed by atoms with Crippen molar-refractivity contribution >= 4 is 23.2 Å². The van der Waals surface area contributed by atoms with Gasteiger partial charge in [-0.2, -0.15) is 0 Å². The Morgan fingerprint density at radius 3 is 2.74 bits per heavy atom. The number of anilines is 1. The number of fused-ring (bicyclic) bond motifs is 1. The maximum Gasteiger partial charge on any atom is 0.280 e. The van der Waals surface area contributed by atoms with Gasteiger partial charge in [0.15, 0.2) is 5.69 Å². The number of carbonyl (C=O) groups excluding carboxylic acids is 1. The predicted molar refractivity (Wildman–Crippen MR) is 91.1 cm³/mol. The molecule has 1 aromatic carbocycles. The summed E-state index contributed by atoms with van der Waals surface area (Å²) in [6.07, 6.45) is 4.59. The molecule has 0 aliphatic carbocycles. The fourth-order valence-corrected chi connectivity index (χ4v) is 3.04. The van der Waals surface area contributed by atoms with Crippen LogP contribution in [0.1, 0.15) is 49.7 Å². The highest BCUT2D eigenvalue weighted by molar-refractivity contribution is 6.32. The van der Waals surface area contributed by atoms with Crippen molar-refractivity contribution in [3.05, 3.63) is 40.7 Å². The monoisotopic (exact) mass is 332 g/mol. The van der Waals surface area contributed by atoms with E-state index in [1.807, 2.05) is 39.0 Å². The van der Waals surface area contributed by atoms with Gasteiger partial charge in [-0.3, -0.25) is 4.79 Å². The van der Waals surface area contributed by atoms with Gasteiger partial charge >= 0.3 is 0 Å². The predicted octanol–water partition coefficient (Wildman–Crippen LogP) is 3.67. The van der Waals surface area contributed by atoms with Crippen LogP contribution < -0.4 is 4.90 Å². The van der Waals surface area contributed by atoms with E-state index in [9.17, 15) is 4.79 Å². The Balaban J connectivity index is 1.97. The van der Waals surface area contributed by atoms with Crippen LogP contribution in [0.4, 0.5) is 5.69 Å². The van der Waals surface area contributed by atoms with Gasteiger partial charge in [-0.1, -0.05) is 22.9 Å². The van der Waals surface area contributed by atoms with E-state index in [1.165, 1.54) is 0 Å². The number of aromatic nitrogens is 3. The molecule has 0 unspecified atom stereocenters. The van der Waals surface area contributed by atoms with Gasteiger partial charge in [-0.05, 0) is 57.7 Å². The van der Waals surface area contributed by atoms with Gasteiger partial charge in [-0.25, -0.2) is 4.68 Å². The minimum absolute atomic E-state index is 0.120. The molecule has 0 bridgehead atoms. The Labute approximate surface area is 141 Å². The Morgan fingerprint density at radius 1 is 1.26 bits per heavy atom. The lowest BCUT2D eigenvalue weighted by Gasteiger charge is -2.22. The Morgan fingerprint density at radius 2 is 2.04 bits per heavy atom. The Hall–Kier alpha value is -1.88. The molecule has 5 nitrogen and oxygen atoms in total. The molecule has 1 aromatic heterocycles. The van der Waals surface area contributed by atoms with Crippen molar-refractivity contribution in [2.45, 2.75) is 45.6 Å². The molecule has 3 rings (SSSR count). The molecule has 0 N–H and O–H groups in total. The smallest absolute Gasteiger partial charge is 0.280 e. The molecule has 0 fully saturated rings. The van der Waals surface area contributed by atoms with Crippen LogP contribution in [0.25, 0.3) is 0 Å². The normalized spacial score (nSPS) is 15.2. The zero-order valence-corrected chi connectivity index (χ0v) is 14.5. The highest BCUT2D eigenvalue weighted by atomic mass is 35.5. The summed E-state index contributed by atoms with van der Waals surface area (Å²) in [6.45, 7) is 6.75. The van der Waals surface area contributed by atoms with Gasteiger partial charge in [0.1, 0.15) is 0 Å². The first kappa shape index (κ1) is 16.0. The Kier molecular flexibility index (Phi) is 4.15. The highest BCUT2D eigenvalue weighted by Crippen LogP contribution is 2.32. The van der Waals surface area contributed by atoms with E-state index in [1.54, 1.807) is 15.8 Å². The minimum Gasteiger partial charge on any atom is -0.307 e. The molecule has 0 saturated carbocycles. The van der Waals surface area contributed by atoms with Crippen molar-refractivity contribution in [2.24, 2.45) is 0 Å². The number of amides is 1. The molecular weight excluding hydrogens is 312 g/mol. The van der Waals surface area contributed by atoms with Gasteiger partial charge in [0, 0.05) is 17.3 Å². The summed E-state index contributed by atoms with van der Waals surface area (Å²) in [5, 5.41) is 8.89.